The molecule has 1 aliphatic rings. The van der Waals surface area contributed by atoms with E-state index in [0.717, 1.165) is 10.4 Å². The molecular formula is C33H41ClN3O7PSi. The zero-order valence-corrected chi connectivity index (χ0v) is 29.2. The summed E-state index contributed by atoms with van der Waals surface area (Å²) in [5, 5.41) is 4.49. The maximum absolute atomic E-state index is 13.2. The topological polar surface area (TPSA) is 110 Å². The Kier molecular flexibility index (Phi) is 12.5. The van der Waals surface area contributed by atoms with Crippen LogP contribution in [0.2, 0.25) is 5.04 Å². The number of hydrogen-bond donors (Lipinski definition) is 1. The predicted octanol–water partition coefficient (Wildman–Crippen LogP) is 6.20. The van der Waals surface area contributed by atoms with Gasteiger partial charge < -0.3 is 22.9 Å². The highest BCUT2D eigenvalue weighted by Gasteiger charge is 2.51. The normalized spacial score (nSPS) is 18.9. The van der Waals surface area contributed by atoms with Crippen molar-refractivity contribution in [1.82, 2.24) is 9.55 Å². The first-order valence-electron chi connectivity index (χ1n) is 14.9. The number of hydrogen-bond acceptors (Lipinski definition) is 8. The molecule has 1 amide bonds. The van der Waals surface area contributed by atoms with Gasteiger partial charge in [-0.15, -0.1) is 6.58 Å². The zero-order chi connectivity index (χ0) is 33.3. The zero-order valence-electron chi connectivity index (χ0n) is 26.6. The van der Waals surface area contributed by atoms with E-state index < -0.39 is 46.3 Å². The number of aryl methyl sites for hydroxylation is 1. The molecule has 1 unspecified atom stereocenters. The highest BCUT2D eigenvalue weighted by Crippen LogP contribution is 2.48. The number of anilines is 1. The molecule has 2 aromatic carbocycles. The molecule has 1 saturated heterocycles. The smallest absolute Gasteiger partial charge is 0.413 e. The predicted molar refractivity (Wildman–Crippen MR) is 184 cm³/mol. The van der Waals surface area contributed by atoms with Gasteiger partial charge in [0, 0.05) is 18.2 Å². The average Bonchev–Trinajstić information content (AvgIpc) is 3.43. The van der Waals surface area contributed by atoms with Crippen LogP contribution in [0.5, 0.6) is 0 Å². The fourth-order valence-corrected chi connectivity index (χ4v) is 11.3. The van der Waals surface area contributed by atoms with E-state index >= 15 is 0 Å². The quantitative estimate of drug-likeness (QED) is 0.121. The van der Waals surface area contributed by atoms with E-state index in [4.69, 9.17) is 34.2 Å². The standard InChI is InChI=1S/C33H41ClN3O7PSi/c1-7-19-40-32(39)36-30-24(3)22-37(31(38)35-30)29-21-27(44-45(34)41-20-8-2)28(43-29)23-42-46(33(4,5)6,25-15-11-9-12-16-25)26-17-13-10-14-18-26/h7-18,22,27-29H,1-2,19-21,23H2,3-6H3,(H,35,36,38,39)/t27-,28+,29+,45?/m0/s1. The molecule has 0 spiro atoms. The van der Waals surface area contributed by atoms with E-state index in [1.165, 1.54) is 10.6 Å². The van der Waals surface area contributed by atoms with Crippen LogP contribution in [-0.2, 0) is 22.9 Å². The van der Waals surface area contributed by atoms with Crippen molar-refractivity contribution in [2.45, 2.75) is 57.6 Å². The highest BCUT2D eigenvalue weighted by molar-refractivity contribution is 7.76. The van der Waals surface area contributed by atoms with Gasteiger partial charge in [0.05, 0.1) is 19.3 Å². The molecule has 1 aromatic heterocycles. The third-order valence-electron chi connectivity index (χ3n) is 7.57. The van der Waals surface area contributed by atoms with Crippen molar-refractivity contribution in [3.05, 3.63) is 108 Å². The fraction of sp³-hybridized carbons (Fsp3) is 0.364. The number of benzene rings is 2. The fourth-order valence-electron chi connectivity index (χ4n) is 5.52. The summed E-state index contributed by atoms with van der Waals surface area (Å²) < 4.78 is 31.7. The number of nitrogens with zero attached hydrogens (tertiary/aromatic N) is 2. The van der Waals surface area contributed by atoms with Crippen molar-refractivity contribution in [2.24, 2.45) is 0 Å². The minimum atomic E-state index is -2.91. The lowest BCUT2D eigenvalue weighted by atomic mass is 10.2. The molecule has 1 fully saturated rings. The van der Waals surface area contributed by atoms with Crippen molar-refractivity contribution in [3.63, 3.8) is 0 Å². The molecular weight excluding hydrogens is 645 g/mol. The number of ether oxygens (including phenoxy) is 2. The number of amides is 1. The number of carbonyl (C=O) groups is 1. The molecule has 1 N–H and O–H groups in total. The van der Waals surface area contributed by atoms with E-state index in [2.05, 4.69) is 68.5 Å². The highest BCUT2D eigenvalue weighted by atomic mass is 35.7. The first-order valence-corrected chi connectivity index (χ1v) is 18.9. The first kappa shape index (κ1) is 35.7. The SMILES string of the molecule is C=CCOC(=O)Nc1nc(=O)n([C@H]2C[C@H](OP(Cl)OCC=C)[C@@H](CO[Si](c3ccccc3)(c3ccccc3)C(C)(C)C)O2)cc1C. The van der Waals surface area contributed by atoms with Gasteiger partial charge in [-0.05, 0) is 33.6 Å². The largest absolute Gasteiger partial charge is 0.445 e. The van der Waals surface area contributed by atoms with Gasteiger partial charge in [-0.25, -0.2) is 9.59 Å². The summed E-state index contributed by atoms with van der Waals surface area (Å²) in [4.78, 5) is 29.3. The third-order valence-corrected chi connectivity index (χ3v) is 13.9. The van der Waals surface area contributed by atoms with Gasteiger partial charge in [0.1, 0.15) is 24.8 Å². The Morgan fingerprint density at radius 3 is 2.28 bits per heavy atom. The van der Waals surface area contributed by atoms with E-state index in [0.29, 0.717) is 5.56 Å². The molecule has 0 aliphatic carbocycles. The first-order chi connectivity index (χ1) is 22.0. The Morgan fingerprint density at radius 2 is 1.72 bits per heavy atom. The maximum Gasteiger partial charge on any atom is 0.413 e. The molecule has 2 heterocycles. The van der Waals surface area contributed by atoms with Crippen LogP contribution in [0.3, 0.4) is 0 Å². The van der Waals surface area contributed by atoms with E-state index in [9.17, 15) is 9.59 Å². The Labute approximate surface area is 277 Å². The lowest BCUT2D eigenvalue weighted by Gasteiger charge is -2.43. The van der Waals surface area contributed by atoms with Gasteiger partial charge in [0.25, 0.3) is 16.0 Å². The van der Waals surface area contributed by atoms with Crippen LogP contribution in [0.25, 0.3) is 0 Å². The lowest BCUT2D eigenvalue weighted by Crippen LogP contribution is -2.67. The van der Waals surface area contributed by atoms with Crippen LogP contribution in [0.4, 0.5) is 10.6 Å². The number of aromatic nitrogens is 2. The van der Waals surface area contributed by atoms with Crippen molar-refractivity contribution < 1.29 is 27.7 Å². The molecule has 0 saturated carbocycles. The summed E-state index contributed by atoms with van der Waals surface area (Å²) in [6, 6.07) is 20.6. The van der Waals surface area contributed by atoms with E-state index in [1.807, 2.05) is 36.4 Å². The summed E-state index contributed by atoms with van der Waals surface area (Å²) >= 11 is 6.46. The Balaban J connectivity index is 1.66. The summed E-state index contributed by atoms with van der Waals surface area (Å²) in [5.41, 5.74) is -0.0740. The van der Waals surface area contributed by atoms with E-state index in [-0.39, 0.29) is 37.1 Å². The average molecular weight is 686 g/mol. The lowest BCUT2D eigenvalue weighted by molar-refractivity contribution is -0.0386. The van der Waals surface area contributed by atoms with Crippen LogP contribution in [0.1, 0.15) is 39.0 Å². The number of rotatable bonds is 14. The van der Waals surface area contributed by atoms with Gasteiger partial charge >= 0.3 is 11.8 Å². The summed E-state index contributed by atoms with van der Waals surface area (Å²) in [6.45, 7) is 15.9. The van der Waals surface area contributed by atoms with Crippen molar-refractivity contribution in [3.8, 4) is 0 Å². The van der Waals surface area contributed by atoms with Crippen LogP contribution in [0, 0.1) is 6.92 Å². The number of halogens is 1. The Hall–Kier alpha value is -3.15. The Morgan fingerprint density at radius 1 is 1.11 bits per heavy atom. The van der Waals surface area contributed by atoms with Gasteiger partial charge in [-0.1, -0.05) is 100 Å². The number of carbonyl (C=O) groups excluding carboxylic acids is 1. The van der Waals surface area contributed by atoms with Crippen molar-refractivity contribution in [2.75, 3.05) is 25.1 Å². The van der Waals surface area contributed by atoms with Crippen LogP contribution in [0.15, 0.2) is 97.0 Å². The van der Waals surface area contributed by atoms with Gasteiger partial charge in [0.15, 0.2) is 0 Å². The maximum atomic E-state index is 13.2. The molecule has 3 aromatic rings. The second kappa shape index (κ2) is 16.1. The summed E-state index contributed by atoms with van der Waals surface area (Å²) in [7, 11) is -4.70. The van der Waals surface area contributed by atoms with Gasteiger partial charge in [0.2, 0.25) is 0 Å². The molecule has 1 aliphatic heterocycles. The molecule has 10 nitrogen and oxygen atoms in total. The van der Waals surface area contributed by atoms with Crippen LogP contribution in [-0.4, -0.2) is 56.0 Å². The molecule has 0 bridgehead atoms. The monoisotopic (exact) mass is 685 g/mol. The summed E-state index contributed by atoms with van der Waals surface area (Å²) in [5.74, 6) is 0.0924. The molecule has 46 heavy (non-hydrogen) atoms. The number of nitrogens with one attached hydrogen (secondary N) is 1. The third kappa shape index (κ3) is 8.40. The Bertz CT molecular complexity index is 1500. The molecule has 246 valence electrons. The molecule has 0 radical (unpaired) electrons. The van der Waals surface area contributed by atoms with Crippen molar-refractivity contribution >= 4 is 49.6 Å². The molecule has 4 rings (SSSR count). The van der Waals surface area contributed by atoms with Crippen LogP contribution >= 0.6 is 19.0 Å². The second-order valence-corrected chi connectivity index (χ2v) is 17.8. The van der Waals surface area contributed by atoms with Crippen molar-refractivity contribution in [1.29, 1.82) is 0 Å². The van der Waals surface area contributed by atoms with E-state index in [1.54, 1.807) is 19.2 Å². The molecule has 13 heteroatoms. The van der Waals surface area contributed by atoms with Gasteiger partial charge in [-0.3, -0.25) is 9.88 Å². The minimum absolute atomic E-state index is 0.0240. The minimum Gasteiger partial charge on any atom is -0.445 e. The second-order valence-electron chi connectivity index (χ2n) is 11.8. The molecule has 4 atom stereocenters. The van der Waals surface area contributed by atoms with Crippen LogP contribution < -0.4 is 21.4 Å². The van der Waals surface area contributed by atoms with Gasteiger partial charge in [-0.2, -0.15) is 4.98 Å². The summed E-state index contributed by atoms with van der Waals surface area (Å²) in [6.07, 6.45) is 2.27.